The summed E-state index contributed by atoms with van der Waals surface area (Å²) in [6, 6.07) is 0. The Morgan fingerprint density at radius 1 is 0.810 bits per heavy atom. The number of ketones is 1. The zero-order valence-corrected chi connectivity index (χ0v) is 13.6. The van der Waals surface area contributed by atoms with Gasteiger partial charge in [-0.3, -0.25) is 4.79 Å². The predicted octanol–water partition coefficient (Wildman–Crippen LogP) is 5.29. The predicted molar refractivity (Wildman–Crippen MR) is 87.5 cm³/mol. The normalized spacial score (nSPS) is 11.1. The van der Waals surface area contributed by atoms with E-state index in [1.54, 1.807) is 6.08 Å². The molecule has 0 bridgehead atoms. The molecule has 0 aliphatic carbocycles. The number of carbonyl (C=O) groups excluding carboxylic acids is 1. The van der Waals surface area contributed by atoms with Gasteiger partial charge in [0, 0.05) is 18.9 Å². The molecule has 3 heteroatoms. The first-order valence-electron chi connectivity index (χ1n) is 8.58. The minimum atomic E-state index is -0.902. The van der Waals surface area contributed by atoms with Gasteiger partial charge in [-0.15, -0.1) is 0 Å². The van der Waals surface area contributed by atoms with Gasteiger partial charge in [0.2, 0.25) is 0 Å². The molecule has 1 N–H and O–H groups in total. The van der Waals surface area contributed by atoms with Gasteiger partial charge >= 0.3 is 5.97 Å². The van der Waals surface area contributed by atoms with Gasteiger partial charge in [-0.05, 0) is 25.7 Å². The molecule has 0 atom stereocenters. The highest BCUT2D eigenvalue weighted by Gasteiger charge is 2.01. The van der Waals surface area contributed by atoms with E-state index in [-0.39, 0.29) is 0 Å². The number of rotatable bonds is 15. The molecule has 0 aromatic rings. The van der Waals surface area contributed by atoms with Crippen molar-refractivity contribution in [3.63, 3.8) is 0 Å². The average Bonchev–Trinajstić information content (AvgIpc) is 2.45. The van der Waals surface area contributed by atoms with E-state index in [0.717, 1.165) is 32.1 Å². The van der Waals surface area contributed by atoms with Crippen LogP contribution in [0, 0.1) is 0 Å². The summed E-state index contributed by atoms with van der Waals surface area (Å²) in [5.41, 5.74) is 0. The topological polar surface area (TPSA) is 54.4 Å². The van der Waals surface area contributed by atoms with E-state index in [4.69, 9.17) is 5.11 Å². The van der Waals surface area contributed by atoms with Crippen molar-refractivity contribution in [2.45, 2.75) is 90.4 Å². The second-order valence-corrected chi connectivity index (χ2v) is 5.75. The maximum absolute atomic E-state index is 11.6. The van der Waals surface area contributed by atoms with Gasteiger partial charge in [0.1, 0.15) is 5.78 Å². The minimum absolute atomic E-state index is 0.364. The van der Waals surface area contributed by atoms with Crippen LogP contribution in [-0.2, 0) is 9.59 Å². The van der Waals surface area contributed by atoms with Crippen LogP contribution in [0.25, 0.3) is 0 Å². The zero-order valence-electron chi connectivity index (χ0n) is 13.6. The molecule has 0 unspecified atom stereocenters. The lowest BCUT2D eigenvalue weighted by molar-refractivity contribution is -0.131. The van der Waals surface area contributed by atoms with Crippen molar-refractivity contribution in [1.29, 1.82) is 0 Å². The number of carboxylic acid groups (broad SMARTS) is 1. The largest absolute Gasteiger partial charge is 0.478 e. The summed E-state index contributed by atoms with van der Waals surface area (Å²) in [7, 11) is 0. The summed E-state index contributed by atoms with van der Waals surface area (Å²) in [6.07, 6.45) is 16.8. The molecule has 122 valence electrons. The van der Waals surface area contributed by atoms with Crippen molar-refractivity contribution in [3.05, 3.63) is 12.2 Å². The van der Waals surface area contributed by atoms with Gasteiger partial charge in [0.15, 0.2) is 0 Å². The number of carboxylic acids is 1. The molecular weight excluding hydrogens is 264 g/mol. The van der Waals surface area contributed by atoms with Crippen LogP contribution in [-0.4, -0.2) is 16.9 Å². The molecule has 3 nitrogen and oxygen atoms in total. The molecule has 0 saturated heterocycles. The molecule has 0 saturated carbocycles. The lowest BCUT2D eigenvalue weighted by Crippen LogP contribution is -1.97. The van der Waals surface area contributed by atoms with Crippen molar-refractivity contribution in [3.8, 4) is 0 Å². The SMILES string of the molecule is CCCCCCCCCCC(=O)CCCCC=CC(=O)O. The van der Waals surface area contributed by atoms with Crippen molar-refractivity contribution in [1.82, 2.24) is 0 Å². The highest BCUT2D eigenvalue weighted by atomic mass is 16.4. The van der Waals surface area contributed by atoms with Crippen LogP contribution in [0.4, 0.5) is 0 Å². The molecule has 0 fully saturated rings. The van der Waals surface area contributed by atoms with Gasteiger partial charge in [0.25, 0.3) is 0 Å². The summed E-state index contributed by atoms with van der Waals surface area (Å²) >= 11 is 0. The maximum atomic E-state index is 11.6. The summed E-state index contributed by atoms with van der Waals surface area (Å²) in [5, 5.41) is 8.42. The van der Waals surface area contributed by atoms with E-state index >= 15 is 0 Å². The quantitative estimate of drug-likeness (QED) is 0.330. The lowest BCUT2D eigenvalue weighted by atomic mass is 10.0. The summed E-state index contributed by atoms with van der Waals surface area (Å²) in [4.78, 5) is 21.9. The summed E-state index contributed by atoms with van der Waals surface area (Å²) < 4.78 is 0. The van der Waals surface area contributed by atoms with Crippen LogP contribution < -0.4 is 0 Å². The fourth-order valence-corrected chi connectivity index (χ4v) is 2.35. The molecule has 0 radical (unpaired) electrons. The molecule has 0 amide bonds. The van der Waals surface area contributed by atoms with Gasteiger partial charge in [-0.1, -0.05) is 57.9 Å². The van der Waals surface area contributed by atoms with Crippen LogP contribution in [0.5, 0.6) is 0 Å². The van der Waals surface area contributed by atoms with Crippen molar-refractivity contribution >= 4 is 11.8 Å². The van der Waals surface area contributed by atoms with E-state index in [1.807, 2.05) is 0 Å². The first-order chi connectivity index (χ1) is 10.2. The third kappa shape index (κ3) is 16.8. The molecular formula is C18H32O3. The van der Waals surface area contributed by atoms with Crippen LogP contribution in [0.3, 0.4) is 0 Å². The third-order valence-electron chi connectivity index (χ3n) is 3.65. The minimum Gasteiger partial charge on any atom is -0.478 e. The number of aliphatic carboxylic acids is 1. The maximum Gasteiger partial charge on any atom is 0.327 e. The highest BCUT2D eigenvalue weighted by molar-refractivity contribution is 5.79. The molecule has 0 aliphatic rings. The number of hydrogen-bond donors (Lipinski definition) is 1. The molecule has 0 aromatic heterocycles. The number of unbranched alkanes of at least 4 members (excludes halogenated alkanes) is 9. The van der Waals surface area contributed by atoms with Gasteiger partial charge in [0.05, 0.1) is 0 Å². The van der Waals surface area contributed by atoms with Gasteiger partial charge in [-0.25, -0.2) is 4.79 Å². The van der Waals surface area contributed by atoms with Crippen molar-refractivity contribution < 1.29 is 14.7 Å². The van der Waals surface area contributed by atoms with E-state index in [2.05, 4.69) is 6.92 Å². The van der Waals surface area contributed by atoms with Crippen LogP contribution in [0.1, 0.15) is 90.4 Å². The van der Waals surface area contributed by atoms with Crippen molar-refractivity contribution in [2.24, 2.45) is 0 Å². The molecule has 0 aliphatic heterocycles. The Bertz CT molecular complexity index is 295. The van der Waals surface area contributed by atoms with Crippen LogP contribution in [0.2, 0.25) is 0 Å². The first kappa shape index (κ1) is 19.9. The number of hydrogen-bond acceptors (Lipinski definition) is 2. The third-order valence-corrected chi connectivity index (χ3v) is 3.65. The van der Waals surface area contributed by atoms with Crippen LogP contribution in [0.15, 0.2) is 12.2 Å². The zero-order chi connectivity index (χ0) is 15.8. The van der Waals surface area contributed by atoms with Gasteiger partial charge in [-0.2, -0.15) is 0 Å². The standard InChI is InChI=1S/C18H32O3/c1-2-3-4-5-6-7-8-11-14-17(19)15-12-9-10-13-16-18(20)21/h13,16H,2-12,14-15H2,1H3,(H,20,21). The molecule has 0 rings (SSSR count). The van der Waals surface area contributed by atoms with E-state index in [0.29, 0.717) is 12.2 Å². The number of allylic oxidation sites excluding steroid dienone is 1. The second-order valence-electron chi connectivity index (χ2n) is 5.75. The monoisotopic (exact) mass is 296 g/mol. The van der Waals surface area contributed by atoms with Crippen molar-refractivity contribution in [2.75, 3.05) is 0 Å². The number of carbonyl (C=O) groups is 2. The Kier molecular flexibility index (Phi) is 14.5. The smallest absolute Gasteiger partial charge is 0.327 e. The fourth-order valence-electron chi connectivity index (χ4n) is 2.35. The average molecular weight is 296 g/mol. The fraction of sp³-hybridized carbons (Fsp3) is 0.778. The Morgan fingerprint density at radius 3 is 1.90 bits per heavy atom. The van der Waals surface area contributed by atoms with Crippen LogP contribution >= 0.6 is 0 Å². The molecule has 0 heterocycles. The second kappa shape index (κ2) is 15.3. The molecule has 0 aromatic carbocycles. The number of Topliss-reactive ketones (excluding diaryl/α,β-unsaturated/α-hetero) is 1. The van der Waals surface area contributed by atoms with E-state index in [9.17, 15) is 9.59 Å². The highest BCUT2D eigenvalue weighted by Crippen LogP contribution is 2.11. The first-order valence-corrected chi connectivity index (χ1v) is 8.58. The lowest BCUT2D eigenvalue weighted by Gasteiger charge is -2.02. The van der Waals surface area contributed by atoms with E-state index < -0.39 is 5.97 Å². The Balaban J connectivity index is 3.25. The Morgan fingerprint density at radius 2 is 1.33 bits per heavy atom. The molecule has 21 heavy (non-hydrogen) atoms. The Labute approximate surface area is 129 Å². The summed E-state index contributed by atoms with van der Waals surface area (Å²) in [5.74, 6) is -0.538. The molecule has 0 spiro atoms. The Hall–Kier alpha value is -1.12. The summed E-state index contributed by atoms with van der Waals surface area (Å²) in [6.45, 7) is 2.23. The van der Waals surface area contributed by atoms with E-state index in [1.165, 1.54) is 51.0 Å². The van der Waals surface area contributed by atoms with Gasteiger partial charge < -0.3 is 5.11 Å².